The van der Waals surface area contributed by atoms with Gasteiger partial charge < -0.3 is 18.9 Å². The lowest BCUT2D eigenvalue weighted by atomic mass is 10.0. The minimum Gasteiger partial charge on any atom is -0.462 e. The van der Waals surface area contributed by atoms with Gasteiger partial charge in [0.15, 0.2) is 6.10 Å². The molecule has 0 radical (unpaired) electrons. The molecule has 2 atom stereocenters. The number of carbonyl (C=O) groups is 2. The van der Waals surface area contributed by atoms with Crippen LogP contribution in [0.25, 0.3) is 0 Å². The molecular weight excluding hydrogens is 990 g/mol. The molecule has 0 bridgehead atoms. The van der Waals surface area contributed by atoms with Crippen molar-refractivity contribution in [3.05, 3.63) is 122 Å². The zero-order valence-electron chi connectivity index (χ0n) is 50.6. The van der Waals surface area contributed by atoms with E-state index >= 15 is 0 Å². The molecule has 0 aromatic carbocycles. The second-order valence-corrected chi connectivity index (χ2v) is 23.1. The molecule has 10 heteroatoms. The highest BCUT2D eigenvalue weighted by Crippen LogP contribution is 2.43. The maximum absolute atomic E-state index is 12.8. The van der Waals surface area contributed by atoms with Crippen LogP contribution in [0.3, 0.4) is 0 Å². The lowest BCUT2D eigenvalue weighted by Crippen LogP contribution is -2.37. The van der Waals surface area contributed by atoms with Gasteiger partial charge in [0, 0.05) is 12.8 Å². The number of hydrogen-bond acceptors (Lipinski definition) is 7. The van der Waals surface area contributed by atoms with Gasteiger partial charge in [-0.15, -0.1) is 0 Å². The van der Waals surface area contributed by atoms with Crippen LogP contribution in [-0.2, 0) is 32.7 Å². The van der Waals surface area contributed by atoms with Gasteiger partial charge in [0.1, 0.15) is 19.8 Å². The number of carbonyl (C=O) groups excluding carboxylic acids is 2. The molecule has 0 aliphatic heterocycles. The summed E-state index contributed by atoms with van der Waals surface area (Å²) in [6.45, 7) is 4.20. The number of hydrogen-bond donors (Lipinski definition) is 1. The fraction of sp³-hybridized carbons (Fsp3) is 0.676. The molecule has 0 spiro atoms. The van der Waals surface area contributed by atoms with Gasteiger partial charge in [-0.2, -0.15) is 0 Å². The van der Waals surface area contributed by atoms with Crippen molar-refractivity contribution in [2.75, 3.05) is 47.5 Å². The van der Waals surface area contributed by atoms with Crippen LogP contribution in [0, 0.1) is 0 Å². The Hall–Kier alpha value is -3.59. The van der Waals surface area contributed by atoms with Crippen molar-refractivity contribution in [2.24, 2.45) is 0 Å². The van der Waals surface area contributed by atoms with Crippen molar-refractivity contribution in [1.29, 1.82) is 0 Å². The third-order valence-corrected chi connectivity index (χ3v) is 14.0. The Balaban J connectivity index is 4.12. The molecule has 446 valence electrons. The molecule has 0 aliphatic rings. The van der Waals surface area contributed by atoms with Gasteiger partial charge in [0.05, 0.1) is 27.7 Å². The van der Waals surface area contributed by atoms with Crippen LogP contribution in [0.15, 0.2) is 122 Å². The van der Waals surface area contributed by atoms with Crippen molar-refractivity contribution >= 4 is 19.8 Å². The molecular formula is C68H117NO8P+. The summed E-state index contributed by atoms with van der Waals surface area (Å²) in [5.74, 6) is -0.810. The summed E-state index contributed by atoms with van der Waals surface area (Å²) in [6.07, 6.45) is 82.7. The van der Waals surface area contributed by atoms with Gasteiger partial charge >= 0.3 is 19.8 Å². The van der Waals surface area contributed by atoms with Crippen molar-refractivity contribution < 1.29 is 42.1 Å². The van der Waals surface area contributed by atoms with Crippen LogP contribution in [0.2, 0.25) is 0 Å². The Kier molecular flexibility index (Phi) is 55.4. The van der Waals surface area contributed by atoms with Crippen molar-refractivity contribution in [2.45, 2.75) is 251 Å². The largest absolute Gasteiger partial charge is 0.472 e. The van der Waals surface area contributed by atoms with Crippen LogP contribution in [-0.4, -0.2) is 74.9 Å². The molecule has 0 rings (SSSR count). The van der Waals surface area contributed by atoms with Crippen LogP contribution in [0.4, 0.5) is 0 Å². The number of likely N-dealkylation sites (N-methyl/N-ethyl adjacent to an activating group) is 1. The van der Waals surface area contributed by atoms with Gasteiger partial charge in [0.2, 0.25) is 0 Å². The minimum atomic E-state index is -4.40. The zero-order valence-corrected chi connectivity index (χ0v) is 51.5. The van der Waals surface area contributed by atoms with E-state index in [4.69, 9.17) is 18.5 Å². The summed E-state index contributed by atoms with van der Waals surface area (Å²) in [5, 5.41) is 0. The normalized spacial score (nSPS) is 14.1. The molecule has 2 unspecified atom stereocenters. The highest BCUT2D eigenvalue weighted by atomic mass is 31.2. The Morgan fingerprint density at radius 1 is 0.397 bits per heavy atom. The number of allylic oxidation sites excluding steroid dienone is 20. The summed E-state index contributed by atoms with van der Waals surface area (Å²) in [5.41, 5.74) is 0. The number of quaternary nitrogens is 1. The first kappa shape index (κ1) is 74.4. The van der Waals surface area contributed by atoms with E-state index in [1.54, 1.807) is 0 Å². The van der Waals surface area contributed by atoms with E-state index in [9.17, 15) is 19.0 Å². The van der Waals surface area contributed by atoms with Crippen molar-refractivity contribution in [3.8, 4) is 0 Å². The summed E-state index contributed by atoms with van der Waals surface area (Å²) in [7, 11) is 1.46. The number of phosphoric acid groups is 1. The third-order valence-electron chi connectivity index (χ3n) is 13.0. The Morgan fingerprint density at radius 2 is 0.692 bits per heavy atom. The van der Waals surface area contributed by atoms with Gasteiger partial charge in [-0.3, -0.25) is 18.6 Å². The predicted molar refractivity (Wildman–Crippen MR) is 334 cm³/mol. The fourth-order valence-electron chi connectivity index (χ4n) is 8.25. The van der Waals surface area contributed by atoms with E-state index in [1.807, 2.05) is 21.1 Å². The third kappa shape index (κ3) is 61.6. The molecule has 9 nitrogen and oxygen atoms in total. The summed E-state index contributed by atoms with van der Waals surface area (Å²) in [6, 6.07) is 0. The first-order valence-electron chi connectivity index (χ1n) is 31.3. The fourth-order valence-corrected chi connectivity index (χ4v) is 8.99. The topological polar surface area (TPSA) is 108 Å². The first-order chi connectivity index (χ1) is 38.0. The van der Waals surface area contributed by atoms with Crippen molar-refractivity contribution in [3.63, 3.8) is 0 Å². The number of unbranched alkanes of at least 4 members (excludes halogenated alkanes) is 22. The van der Waals surface area contributed by atoms with Crippen LogP contribution in [0.1, 0.15) is 245 Å². The monoisotopic (exact) mass is 1110 g/mol. The molecule has 0 aliphatic carbocycles. The van der Waals surface area contributed by atoms with E-state index in [-0.39, 0.29) is 32.0 Å². The molecule has 0 aromatic heterocycles. The summed E-state index contributed by atoms with van der Waals surface area (Å²) >= 11 is 0. The molecule has 0 heterocycles. The quantitative estimate of drug-likeness (QED) is 0.0211. The maximum atomic E-state index is 12.8. The van der Waals surface area contributed by atoms with Crippen LogP contribution in [0.5, 0.6) is 0 Å². The molecule has 1 N–H and O–H groups in total. The highest BCUT2D eigenvalue weighted by Gasteiger charge is 2.27. The van der Waals surface area contributed by atoms with E-state index in [0.717, 1.165) is 116 Å². The number of rotatable bonds is 56. The Morgan fingerprint density at radius 3 is 1.03 bits per heavy atom. The second kappa shape index (κ2) is 58.1. The van der Waals surface area contributed by atoms with Gasteiger partial charge in [0.25, 0.3) is 0 Å². The van der Waals surface area contributed by atoms with Gasteiger partial charge in [-0.05, 0) is 103 Å². The van der Waals surface area contributed by atoms with E-state index in [0.29, 0.717) is 17.4 Å². The van der Waals surface area contributed by atoms with Crippen LogP contribution >= 0.6 is 7.82 Å². The maximum Gasteiger partial charge on any atom is 0.472 e. The molecule has 0 aromatic rings. The molecule has 78 heavy (non-hydrogen) atoms. The number of ether oxygens (including phenoxy) is 2. The average Bonchev–Trinajstić information content (AvgIpc) is 3.41. The molecule has 0 saturated heterocycles. The van der Waals surface area contributed by atoms with Gasteiger partial charge in [-0.1, -0.05) is 251 Å². The smallest absolute Gasteiger partial charge is 0.462 e. The summed E-state index contributed by atoms with van der Waals surface area (Å²) in [4.78, 5) is 35.8. The minimum absolute atomic E-state index is 0.0249. The van der Waals surface area contributed by atoms with Gasteiger partial charge in [-0.25, -0.2) is 4.57 Å². The number of phosphoric ester groups is 1. The number of nitrogens with zero attached hydrogens (tertiary/aromatic N) is 1. The molecule has 0 saturated carbocycles. The van der Waals surface area contributed by atoms with Crippen LogP contribution < -0.4 is 0 Å². The number of esters is 2. The summed E-state index contributed by atoms with van der Waals surface area (Å²) < 4.78 is 34.6. The highest BCUT2D eigenvalue weighted by molar-refractivity contribution is 7.47. The molecule has 0 fully saturated rings. The second-order valence-electron chi connectivity index (χ2n) is 21.7. The lowest BCUT2D eigenvalue weighted by molar-refractivity contribution is -0.870. The zero-order chi connectivity index (χ0) is 57.0. The SMILES string of the molecule is CC/C=C\C/C=C\C/C=C\C/C=C\C/C=C\C/C=C\CCCCCCCCCCCCCCCCC(=O)OC(COC(=O)CCCCCCCCCC/C=C\C/C=C\C/C=C\C/C=C\CC)COP(=O)(O)OCC[N+](C)(C)C. The van der Waals surface area contributed by atoms with Crippen molar-refractivity contribution in [1.82, 2.24) is 0 Å². The molecule has 0 amide bonds. The predicted octanol–water partition coefficient (Wildman–Crippen LogP) is 19.9. The average molecular weight is 1110 g/mol. The van der Waals surface area contributed by atoms with E-state index in [1.165, 1.54) is 96.3 Å². The van der Waals surface area contributed by atoms with E-state index in [2.05, 4.69) is 135 Å². The Labute approximate surface area is 479 Å². The lowest BCUT2D eigenvalue weighted by Gasteiger charge is -2.24. The standard InChI is InChI=1S/C68H116NO8P/c1-6-8-10-12-14-16-18-20-22-24-26-28-29-30-31-32-33-34-35-36-37-38-39-41-43-45-47-49-51-53-55-57-59-61-68(71)77-66(65-76-78(72,73)75-63-62-69(3,4)5)64-74-67(70)60-58-56-54-52-50-48-46-44-42-40-27-25-23-21-19-17-15-13-11-9-7-2/h8-11,14-17,20-23,26-28,30-31,33-34,40,66H,6-7,12-13,18-19,24-25,29,32,35-39,41-65H2,1-5H3/p+1/b10-8-,11-9-,16-14-,17-15-,22-20-,23-21-,28-26-,31-30-,34-33-,40-27-. The Bertz CT molecular complexity index is 1730. The van der Waals surface area contributed by atoms with E-state index < -0.39 is 26.5 Å². The first-order valence-corrected chi connectivity index (χ1v) is 32.8.